The zero-order valence-electron chi connectivity index (χ0n) is 18.4. The highest BCUT2D eigenvalue weighted by atomic mass is 16.6. The summed E-state index contributed by atoms with van der Waals surface area (Å²) in [5.41, 5.74) is 3.88. The van der Waals surface area contributed by atoms with Gasteiger partial charge in [0.2, 0.25) is 0 Å². The van der Waals surface area contributed by atoms with Crippen molar-refractivity contribution < 1.29 is 14.6 Å². The Morgan fingerprint density at radius 1 is 1.13 bits per heavy atom. The van der Waals surface area contributed by atoms with Gasteiger partial charge in [0.1, 0.15) is 5.60 Å². The number of carbonyl (C=O) groups excluding carboxylic acids is 1. The van der Waals surface area contributed by atoms with E-state index in [1.54, 1.807) is 4.90 Å². The normalized spacial score (nSPS) is 19.4. The van der Waals surface area contributed by atoms with Crippen LogP contribution in [0, 0.1) is 5.92 Å². The number of hydrogen-bond donors (Lipinski definition) is 1. The van der Waals surface area contributed by atoms with Gasteiger partial charge < -0.3 is 14.7 Å². The Hall–Kier alpha value is -2.92. The summed E-state index contributed by atoms with van der Waals surface area (Å²) in [5, 5.41) is 11.8. The van der Waals surface area contributed by atoms with Crippen molar-refractivity contribution in [2.75, 3.05) is 13.1 Å². The zero-order chi connectivity index (χ0) is 22.0. The number of benzene rings is 2. The molecule has 1 aliphatic rings. The molecule has 0 spiro atoms. The van der Waals surface area contributed by atoms with Gasteiger partial charge in [-0.2, -0.15) is 0 Å². The number of aromatic nitrogens is 1. The molecule has 2 atom stereocenters. The van der Waals surface area contributed by atoms with Crippen LogP contribution >= 0.6 is 0 Å². The maximum absolute atomic E-state index is 12.3. The molecule has 2 aromatic carbocycles. The van der Waals surface area contributed by atoms with E-state index in [0.29, 0.717) is 13.1 Å². The molecule has 2 heterocycles. The Morgan fingerprint density at radius 3 is 2.58 bits per heavy atom. The second-order valence-corrected chi connectivity index (χ2v) is 9.36. The van der Waals surface area contributed by atoms with E-state index in [9.17, 15) is 9.90 Å². The van der Waals surface area contributed by atoms with E-state index in [0.717, 1.165) is 34.9 Å². The quantitative estimate of drug-likeness (QED) is 0.646. The summed E-state index contributed by atoms with van der Waals surface area (Å²) >= 11 is 0. The molecule has 1 aliphatic heterocycles. The summed E-state index contributed by atoms with van der Waals surface area (Å²) in [4.78, 5) is 18.4. The smallest absolute Gasteiger partial charge is 0.410 e. The average Bonchev–Trinajstić information content (AvgIpc) is 2.74. The summed E-state index contributed by atoms with van der Waals surface area (Å²) in [6.07, 6.45) is 2.56. The number of pyridine rings is 1. The molecule has 0 aliphatic carbocycles. The largest absolute Gasteiger partial charge is 0.444 e. The van der Waals surface area contributed by atoms with Gasteiger partial charge in [0.25, 0.3) is 0 Å². The lowest BCUT2D eigenvalue weighted by Crippen LogP contribution is -2.48. The molecule has 1 fully saturated rings. The fraction of sp³-hybridized carbons (Fsp3) is 0.385. The van der Waals surface area contributed by atoms with Crippen LogP contribution in [0.5, 0.6) is 0 Å². The molecule has 1 N–H and O–H groups in total. The van der Waals surface area contributed by atoms with E-state index in [-0.39, 0.29) is 12.0 Å². The van der Waals surface area contributed by atoms with Crippen molar-refractivity contribution in [2.24, 2.45) is 5.92 Å². The first kappa shape index (κ1) is 21.3. The molecule has 0 bridgehead atoms. The van der Waals surface area contributed by atoms with Crippen molar-refractivity contribution in [1.82, 2.24) is 9.88 Å². The Bertz CT molecular complexity index is 1060. The van der Waals surface area contributed by atoms with Crippen LogP contribution in [0.2, 0.25) is 0 Å². The van der Waals surface area contributed by atoms with Gasteiger partial charge in [-0.3, -0.25) is 4.98 Å². The number of ether oxygens (including phenoxy) is 1. The van der Waals surface area contributed by atoms with Crippen LogP contribution in [0.25, 0.3) is 22.0 Å². The maximum Gasteiger partial charge on any atom is 0.410 e. The van der Waals surface area contributed by atoms with E-state index < -0.39 is 11.7 Å². The third kappa shape index (κ3) is 5.23. The van der Waals surface area contributed by atoms with Gasteiger partial charge in [0.15, 0.2) is 0 Å². The molecule has 31 heavy (non-hydrogen) atoms. The molecule has 162 valence electrons. The zero-order valence-corrected chi connectivity index (χ0v) is 18.4. The molecule has 4 rings (SSSR count). The topological polar surface area (TPSA) is 62.7 Å². The highest BCUT2D eigenvalue weighted by molar-refractivity contribution is 5.83. The van der Waals surface area contributed by atoms with Gasteiger partial charge in [-0.1, -0.05) is 42.5 Å². The van der Waals surface area contributed by atoms with Crippen LogP contribution in [0.1, 0.15) is 32.8 Å². The summed E-state index contributed by atoms with van der Waals surface area (Å²) < 4.78 is 5.43. The lowest BCUT2D eigenvalue weighted by atomic mass is 9.87. The van der Waals surface area contributed by atoms with E-state index in [1.807, 2.05) is 45.2 Å². The van der Waals surface area contributed by atoms with Crippen LogP contribution < -0.4 is 0 Å². The predicted octanol–water partition coefficient (Wildman–Crippen LogP) is 5.06. The first-order valence-electron chi connectivity index (χ1n) is 10.9. The molecular weight excluding hydrogens is 388 g/mol. The minimum absolute atomic E-state index is 0.131. The molecule has 3 aromatic rings. The number of para-hydroxylation sites is 1. The number of carbonyl (C=O) groups is 1. The van der Waals surface area contributed by atoms with Crippen LogP contribution in [-0.4, -0.2) is 45.9 Å². The van der Waals surface area contributed by atoms with Crippen LogP contribution in [0.3, 0.4) is 0 Å². The first-order chi connectivity index (χ1) is 14.8. The first-order valence-corrected chi connectivity index (χ1v) is 10.9. The Morgan fingerprint density at radius 2 is 1.87 bits per heavy atom. The van der Waals surface area contributed by atoms with Crippen molar-refractivity contribution >= 4 is 17.0 Å². The van der Waals surface area contributed by atoms with E-state index in [4.69, 9.17) is 4.74 Å². The SMILES string of the molecule is CC(C)(C)OC(=O)N1CCC(Cc2ccc(-c3cnc4ccccc4c3)cc2)C(O)C1. The molecule has 1 amide bonds. The third-order valence-corrected chi connectivity index (χ3v) is 5.75. The molecule has 1 saturated heterocycles. The average molecular weight is 419 g/mol. The summed E-state index contributed by atoms with van der Waals surface area (Å²) in [5.74, 6) is 0.131. The fourth-order valence-corrected chi connectivity index (χ4v) is 4.08. The van der Waals surface area contributed by atoms with E-state index in [1.165, 1.54) is 5.56 Å². The van der Waals surface area contributed by atoms with Gasteiger partial charge in [0, 0.05) is 23.7 Å². The minimum Gasteiger partial charge on any atom is -0.444 e. The fourth-order valence-electron chi connectivity index (χ4n) is 4.08. The number of fused-ring (bicyclic) bond motifs is 1. The van der Waals surface area contributed by atoms with Crippen molar-refractivity contribution in [3.05, 3.63) is 66.4 Å². The monoisotopic (exact) mass is 418 g/mol. The molecule has 0 saturated carbocycles. The molecule has 1 aromatic heterocycles. The molecule has 5 nitrogen and oxygen atoms in total. The number of nitrogens with zero attached hydrogens (tertiary/aromatic N) is 2. The van der Waals surface area contributed by atoms with Crippen molar-refractivity contribution in [3.63, 3.8) is 0 Å². The van der Waals surface area contributed by atoms with Gasteiger partial charge in [-0.15, -0.1) is 0 Å². The maximum atomic E-state index is 12.3. The Labute approximate surface area is 183 Å². The van der Waals surface area contributed by atoms with Gasteiger partial charge in [0.05, 0.1) is 18.2 Å². The summed E-state index contributed by atoms with van der Waals surface area (Å²) in [7, 11) is 0. The van der Waals surface area contributed by atoms with Crippen molar-refractivity contribution in [1.29, 1.82) is 0 Å². The van der Waals surface area contributed by atoms with E-state index in [2.05, 4.69) is 41.4 Å². The van der Waals surface area contributed by atoms with Crippen LogP contribution in [-0.2, 0) is 11.2 Å². The summed E-state index contributed by atoms with van der Waals surface area (Å²) in [6.45, 7) is 6.49. The highest BCUT2D eigenvalue weighted by Gasteiger charge is 2.32. The standard InChI is InChI=1S/C26H30N2O3/c1-26(2,3)31-25(30)28-13-12-21(24(29)17-28)14-18-8-10-19(11-9-18)22-15-20-6-4-5-7-23(20)27-16-22/h4-11,15-16,21,24,29H,12-14,17H2,1-3H3. The number of hydrogen-bond acceptors (Lipinski definition) is 4. The number of rotatable bonds is 3. The van der Waals surface area contributed by atoms with Crippen LogP contribution in [0.15, 0.2) is 60.8 Å². The number of aliphatic hydroxyl groups is 1. The lowest BCUT2D eigenvalue weighted by Gasteiger charge is -2.36. The van der Waals surface area contributed by atoms with Crippen LogP contribution in [0.4, 0.5) is 4.79 Å². The number of β-amino-alcohol motifs (C(OH)–C–C–N with tert-alkyl or cyclic N) is 1. The van der Waals surface area contributed by atoms with Gasteiger partial charge in [-0.05, 0) is 62.8 Å². The second-order valence-electron chi connectivity index (χ2n) is 9.36. The van der Waals surface area contributed by atoms with E-state index >= 15 is 0 Å². The summed E-state index contributed by atoms with van der Waals surface area (Å²) in [6, 6.07) is 18.7. The van der Waals surface area contributed by atoms with Crippen molar-refractivity contribution in [2.45, 2.75) is 45.3 Å². The number of likely N-dealkylation sites (tertiary alicyclic amines) is 1. The predicted molar refractivity (Wildman–Crippen MR) is 123 cm³/mol. The molecule has 0 radical (unpaired) electrons. The van der Waals surface area contributed by atoms with Crippen molar-refractivity contribution in [3.8, 4) is 11.1 Å². The third-order valence-electron chi connectivity index (χ3n) is 5.75. The van der Waals surface area contributed by atoms with Gasteiger partial charge in [-0.25, -0.2) is 4.79 Å². The second kappa shape index (κ2) is 8.67. The number of aliphatic hydroxyl groups excluding tert-OH is 1. The highest BCUT2D eigenvalue weighted by Crippen LogP contribution is 2.26. The lowest BCUT2D eigenvalue weighted by molar-refractivity contribution is -0.0125. The number of amides is 1. The van der Waals surface area contributed by atoms with Gasteiger partial charge >= 0.3 is 6.09 Å². The number of piperidine rings is 1. The minimum atomic E-state index is -0.550. The molecule has 2 unspecified atom stereocenters. The Balaban J connectivity index is 1.38. The Kier molecular flexibility index (Phi) is 5.96. The molecular formula is C26H30N2O3. The molecule has 5 heteroatoms.